The third kappa shape index (κ3) is 1.71. The smallest absolute Gasteiger partial charge is 0.236 e. The van der Waals surface area contributed by atoms with Crippen molar-refractivity contribution >= 4 is 21.8 Å². The fourth-order valence-corrected chi connectivity index (χ4v) is 1.97. The van der Waals surface area contributed by atoms with Gasteiger partial charge in [0.1, 0.15) is 0 Å². The molecule has 0 atom stereocenters. The molecule has 0 heterocycles. The summed E-state index contributed by atoms with van der Waals surface area (Å²) in [5, 5.41) is 3.09. The van der Waals surface area contributed by atoms with E-state index in [9.17, 15) is 4.79 Å². The molecule has 0 radical (unpaired) electrons. The van der Waals surface area contributed by atoms with Crippen LogP contribution in [0.3, 0.4) is 0 Å². The van der Waals surface area contributed by atoms with Crippen LogP contribution in [0.25, 0.3) is 0 Å². The van der Waals surface area contributed by atoms with Gasteiger partial charge in [0, 0.05) is 6.04 Å². The Morgan fingerprint density at radius 2 is 1.57 bits per heavy atom. The monoisotopic (exact) mass is 261 g/mol. The quantitative estimate of drug-likeness (QED) is 0.762. The standard InChI is InChI=1S/C11H20BrNO/c1-9(2)7(10(9,3)4)13-8(14)11(5,6)12/h7H,1-6H3,(H,13,14). The van der Waals surface area contributed by atoms with Gasteiger partial charge >= 0.3 is 0 Å². The Morgan fingerprint density at radius 1 is 1.21 bits per heavy atom. The molecular weight excluding hydrogens is 242 g/mol. The number of alkyl halides is 1. The van der Waals surface area contributed by atoms with Crippen LogP contribution in [0.4, 0.5) is 0 Å². The van der Waals surface area contributed by atoms with Gasteiger partial charge in [0.05, 0.1) is 4.32 Å². The molecule has 1 fully saturated rings. The van der Waals surface area contributed by atoms with E-state index in [-0.39, 0.29) is 16.7 Å². The highest BCUT2D eigenvalue weighted by Crippen LogP contribution is 2.62. The number of nitrogens with one attached hydrogen (secondary N) is 1. The molecule has 82 valence electrons. The van der Waals surface area contributed by atoms with Crippen molar-refractivity contribution in [1.82, 2.24) is 5.32 Å². The normalized spacial score (nSPS) is 24.5. The summed E-state index contributed by atoms with van der Waals surface area (Å²) in [6.45, 7) is 12.5. The molecule has 0 saturated heterocycles. The van der Waals surface area contributed by atoms with E-state index in [0.717, 1.165) is 0 Å². The van der Waals surface area contributed by atoms with Crippen LogP contribution in [0.5, 0.6) is 0 Å². The first-order valence-corrected chi connectivity index (χ1v) is 5.80. The van der Waals surface area contributed by atoms with Crippen LogP contribution in [0.1, 0.15) is 41.5 Å². The number of hydrogen-bond acceptors (Lipinski definition) is 1. The average Bonchev–Trinajstić information content (AvgIpc) is 2.30. The molecule has 1 amide bonds. The molecule has 0 aliphatic heterocycles. The largest absolute Gasteiger partial charge is 0.351 e. The molecule has 0 spiro atoms. The zero-order valence-corrected chi connectivity index (χ0v) is 11.4. The molecule has 0 bridgehead atoms. The van der Waals surface area contributed by atoms with E-state index in [1.807, 2.05) is 13.8 Å². The van der Waals surface area contributed by atoms with E-state index in [4.69, 9.17) is 0 Å². The highest BCUT2D eigenvalue weighted by molar-refractivity contribution is 9.10. The van der Waals surface area contributed by atoms with Crippen molar-refractivity contribution < 1.29 is 4.79 Å². The Bertz CT molecular complexity index is 249. The third-order valence-electron chi connectivity index (χ3n) is 3.84. The topological polar surface area (TPSA) is 29.1 Å². The SMILES string of the molecule is CC(C)(Br)C(=O)NC1C(C)(C)C1(C)C. The van der Waals surface area contributed by atoms with E-state index >= 15 is 0 Å². The Labute approximate surface area is 95.0 Å². The molecule has 2 nitrogen and oxygen atoms in total. The van der Waals surface area contributed by atoms with Gasteiger partial charge in [0.15, 0.2) is 0 Å². The summed E-state index contributed by atoms with van der Waals surface area (Å²) in [6.07, 6.45) is 0. The van der Waals surface area contributed by atoms with Crippen molar-refractivity contribution in [1.29, 1.82) is 0 Å². The van der Waals surface area contributed by atoms with Crippen LogP contribution in [0.2, 0.25) is 0 Å². The molecule has 1 N–H and O–H groups in total. The molecule has 1 saturated carbocycles. The summed E-state index contributed by atoms with van der Waals surface area (Å²) in [6, 6.07) is 0.291. The number of halogens is 1. The minimum Gasteiger partial charge on any atom is -0.351 e. The molecule has 1 aliphatic carbocycles. The first-order valence-electron chi connectivity index (χ1n) is 5.01. The highest BCUT2D eigenvalue weighted by atomic mass is 79.9. The molecular formula is C11H20BrNO. The Morgan fingerprint density at radius 3 is 1.79 bits per heavy atom. The van der Waals surface area contributed by atoms with Crippen molar-refractivity contribution in [3.05, 3.63) is 0 Å². The van der Waals surface area contributed by atoms with E-state index in [1.54, 1.807) is 0 Å². The maximum absolute atomic E-state index is 11.7. The number of hydrogen-bond donors (Lipinski definition) is 1. The van der Waals surface area contributed by atoms with Gasteiger partial charge in [-0.15, -0.1) is 0 Å². The van der Waals surface area contributed by atoms with E-state index in [0.29, 0.717) is 6.04 Å². The summed E-state index contributed by atoms with van der Waals surface area (Å²) >= 11 is 3.36. The van der Waals surface area contributed by atoms with Crippen LogP contribution in [0.15, 0.2) is 0 Å². The van der Waals surface area contributed by atoms with Gasteiger partial charge in [-0.3, -0.25) is 4.79 Å². The Kier molecular flexibility index (Phi) is 2.55. The lowest BCUT2D eigenvalue weighted by molar-refractivity contribution is -0.122. The summed E-state index contributed by atoms with van der Waals surface area (Å²) in [7, 11) is 0. The lowest BCUT2D eigenvalue weighted by atomic mass is 10.0. The zero-order chi connectivity index (χ0) is 11.4. The first kappa shape index (κ1) is 12.0. The minimum absolute atomic E-state index is 0.0705. The number of carbonyl (C=O) groups is 1. The van der Waals surface area contributed by atoms with E-state index in [1.165, 1.54) is 0 Å². The van der Waals surface area contributed by atoms with Crippen LogP contribution in [0, 0.1) is 10.8 Å². The lowest BCUT2D eigenvalue weighted by Gasteiger charge is -2.16. The van der Waals surface area contributed by atoms with Crippen molar-refractivity contribution in [3.63, 3.8) is 0 Å². The van der Waals surface area contributed by atoms with Gasteiger partial charge in [-0.2, -0.15) is 0 Å². The Hall–Kier alpha value is -0.0500. The second-order valence-corrected chi connectivity index (χ2v) is 7.80. The maximum atomic E-state index is 11.7. The third-order valence-corrected chi connectivity index (χ3v) is 4.20. The molecule has 0 aromatic heterocycles. The van der Waals surface area contributed by atoms with Crippen molar-refractivity contribution in [2.75, 3.05) is 0 Å². The number of rotatable bonds is 2. The molecule has 1 rings (SSSR count). The maximum Gasteiger partial charge on any atom is 0.236 e. The summed E-state index contributed by atoms with van der Waals surface area (Å²) in [4.78, 5) is 11.7. The molecule has 3 heteroatoms. The average molecular weight is 262 g/mol. The van der Waals surface area contributed by atoms with Crippen LogP contribution in [-0.4, -0.2) is 16.3 Å². The highest BCUT2D eigenvalue weighted by Gasteiger charge is 2.65. The molecule has 0 unspecified atom stereocenters. The van der Waals surface area contributed by atoms with Crippen LogP contribution in [-0.2, 0) is 4.79 Å². The van der Waals surface area contributed by atoms with Crippen molar-refractivity contribution in [2.24, 2.45) is 10.8 Å². The molecule has 1 aliphatic rings. The fraction of sp³-hybridized carbons (Fsp3) is 0.909. The van der Waals surface area contributed by atoms with Gasteiger partial charge in [0.2, 0.25) is 5.91 Å². The fourth-order valence-electron chi connectivity index (χ4n) is 1.86. The lowest BCUT2D eigenvalue weighted by Crippen LogP contribution is -2.40. The predicted molar refractivity (Wildman–Crippen MR) is 62.5 cm³/mol. The zero-order valence-electron chi connectivity index (χ0n) is 9.86. The van der Waals surface area contributed by atoms with Gasteiger partial charge in [-0.1, -0.05) is 43.6 Å². The summed E-state index contributed by atoms with van der Waals surface area (Å²) in [5.74, 6) is 0.0705. The van der Waals surface area contributed by atoms with Crippen molar-refractivity contribution in [3.8, 4) is 0 Å². The van der Waals surface area contributed by atoms with E-state index in [2.05, 4.69) is 48.9 Å². The molecule has 14 heavy (non-hydrogen) atoms. The van der Waals surface area contributed by atoms with Crippen LogP contribution >= 0.6 is 15.9 Å². The van der Waals surface area contributed by atoms with Gasteiger partial charge in [-0.25, -0.2) is 0 Å². The first-order chi connectivity index (χ1) is 6.01. The van der Waals surface area contributed by atoms with Crippen molar-refractivity contribution in [2.45, 2.75) is 51.9 Å². The summed E-state index contributed by atoms with van der Waals surface area (Å²) < 4.78 is -0.470. The minimum atomic E-state index is -0.470. The second kappa shape index (κ2) is 2.97. The summed E-state index contributed by atoms with van der Waals surface area (Å²) in [5.41, 5.74) is 0.418. The number of carbonyl (C=O) groups excluding carboxylic acids is 1. The Balaban J connectivity index is 2.63. The second-order valence-electron chi connectivity index (χ2n) is 5.82. The molecule has 0 aromatic carbocycles. The van der Waals surface area contributed by atoms with Gasteiger partial charge < -0.3 is 5.32 Å². The predicted octanol–water partition coefficient (Wildman–Crippen LogP) is 2.71. The van der Waals surface area contributed by atoms with Gasteiger partial charge in [0.25, 0.3) is 0 Å². The van der Waals surface area contributed by atoms with Crippen LogP contribution < -0.4 is 5.32 Å². The molecule has 0 aromatic rings. The van der Waals surface area contributed by atoms with Gasteiger partial charge in [-0.05, 0) is 24.7 Å². The number of amides is 1. The van der Waals surface area contributed by atoms with E-state index < -0.39 is 4.32 Å².